The molecule has 0 aliphatic carbocycles. The Morgan fingerprint density at radius 2 is 1.10 bits per heavy atom. The van der Waals surface area contributed by atoms with Gasteiger partial charge in [0.05, 0.1) is 18.8 Å². The second-order valence-corrected chi connectivity index (χ2v) is 8.02. The Bertz CT molecular complexity index is 1390. The van der Waals surface area contributed by atoms with Crippen LogP contribution in [0.25, 0.3) is 0 Å². The molecule has 10 heteroatoms. The maximum absolute atomic E-state index is 13.6. The SMILES string of the molecule is O=C(OCc1ccccc1)N(C(=O)OCc1ccccc1)C(=Nc1ccco1)N(c1ccco1)c1ccco1. The molecule has 10 nitrogen and oxygen atoms in total. The molecule has 3 aromatic heterocycles. The lowest BCUT2D eigenvalue weighted by molar-refractivity contribution is 0.0887. The smallest absolute Gasteiger partial charge is 0.426 e. The zero-order chi connectivity index (χ0) is 26.9. The van der Waals surface area contributed by atoms with Crippen LogP contribution < -0.4 is 4.90 Å². The number of carbonyl (C=O) groups is 2. The number of aliphatic imine (C=N–C) groups is 1. The highest BCUT2D eigenvalue weighted by Crippen LogP contribution is 2.30. The van der Waals surface area contributed by atoms with Crippen molar-refractivity contribution in [3.8, 4) is 0 Å². The summed E-state index contributed by atoms with van der Waals surface area (Å²) in [6.07, 6.45) is 2.20. The normalized spacial score (nSPS) is 11.1. The van der Waals surface area contributed by atoms with Gasteiger partial charge < -0.3 is 22.7 Å². The van der Waals surface area contributed by atoms with E-state index < -0.39 is 12.2 Å². The molecule has 5 aromatic rings. The van der Waals surface area contributed by atoms with E-state index >= 15 is 0 Å². The predicted molar refractivity (Wildman–Crippen MR) is 140 cm³/mol. The number of furan rings is 3. The van der Waals surface area contributed by atoms with Crippen LogP contribution in [-0.2, 0) is 22.7 Å². The minimum Gasteiger partial charge on any atom is -0.448 e. The molecule has 0 unspecified atom stereocenters. The fourth-order valence-electron chi connectivity index (χ4n) is 3.54. The maximum Gasteiger partial charge on any atom is 0.426 e. The summed E-state index contributed by atoms with van der Waals surface area (Å²) in [6.45, 7) is -0.199. The van der Waals surface area contributed by atoms with E-state index in [1.807, 2.05) is 36.4 Å². The summed E-state index contributed by atoms with van der Waals surface area (Å²) in [5.41, 5.74) is 1.45. The van der Waals surface area contributed by atoms with Gasteiger partial charge in [-0.3, -0.25) is 0 Å². The first kappa shape index (κ1) is 25.2. The molecule has 0 spiro atoms. The van der Waals surface area contributed by atoms with Crippen molar-refractivity contribution >= 4 is 35.8 Å². The van der Waals surface area contributed by atoms with Gasteiger partial charge in [-0.25, -0.2) is 14.5 Å². The van der Waals surface area contributed by atoms with Gasteiger partial charge in [0.15, 0.2) is 0 Å². The van der Waals surface area contributed by atoms with Crippen LogP contribution in [0, 0.1) is 0 Å². The second kappa shape index (κ2) is 12.2. The molecule has 196 valence electrons. The van der Waals surface area contributed by atoms with Crippen LogP contribution in [0.5, 0.6) is 0 Å². The summed E-state index contributed by atoms with van der Waals surface area (Å²) in [5, 5.41) is 0. The van der Waals surface area contributed by atoms with Crippen LogP contribution in [-0.4, -0.2) is 23.0 Å². The summed E-state index contributed by atoms with van der Waals surface area (Å²) >= 11 is 0. The first-order chi connectivity index (χ1) is 19.2. The van der Waals surface area contributed by atoms with Gasteiger partial charge in [-0.1, -0.05) is 60.7 Å². The highest BCUT2D eigenvalue weighted by molar-refractivity contribution is 6.16. The van der Waals surface area contributed by atoms with E-state index in [9.17, 15) is 9.59 Å². The Balaban J connectivity index is 1.55. The molecular weight excluding hydrogens is 502 g/mol. The minimum absolute atomic E-state index is 0.0995. The molecule has 0 aliphatic heterocycles. The molecule has 0 N–H and O–H groups in total. The molecular formula is C29H23N3O7. The molecule has 39 heavy (non-hydrogen) atoms. The van der Waals surface area contributed by atoms with Crippen molar-refractivity contribution in [1.82, 2.24) is 4.90 Å². The first-order valence-electron chi connectivity index (χ1n) is 11.9. The molecule has 3 heterocycles. The van der Waals surface area contributed by atoms with Crippen molar-refractivity contribution in [2.45, 2.75) is 13.2 Å². The molecule has 0 aliphatic rings. The summed E-state index contributed by atoms with van der Waals surface area (Å²) in [5.74, 6) is 0.245. The number of anilines is 2. The van der Waals surface area contributed by atoms with Gasteiger partial charge >= 0.3 is 12.2 Å². The molecule has 0 atom stereocenters. The van der Waals surface area contributed by atoms with E-state index in [2.05, 4.69) is 4.99 Å². The van der Waals surface area contributed by atoms with Gasteiger partial charge in [-0.2, -0.15) is 4.99 Å². The minimum atomic E-state index is -1.04. The number of hydrogen-bond acceptors (Lipinski definition) is 8. The number of hydrogen-bond donors (Lipinski definition) is 0. The summed E-state index contributed by atoms with van der Waals surface area (Å²) in [4.78, 5) is 33.6. The van der Waals surface area contributed by atoms with Crippen LogP contribution >= 0.6 is 0 Å². The number of amides is 2. The number of rotatable bonds is 7. The number of imide groups is 1. The third-order valence-corrected chi connectivity index (χ3v) is 5.34. The molecule has 0 saturated carbocycles. The lowest BCUT2D eigenvalue weighted by atomic mass is 10.2. The third kappa shape index (κ3) is 6.25. The number of nitrogens with zero attached hydrogens (tertiary/aromatic N) is 3. The van der Waals surface area contributed by atoms with E-state index in [1.54, 1.807) is 60.7 Å². The molecule has 2 aromatic carbocycles. The van der Waals surface area contributed by atoms with Crippen LogP contribution in [0.1, 0.15) is 11.1 Å². The van der Waals surface area contributed by atoms with Crippen LogP contribution in [0.3, 0.4) is 0 Å². The second-order valence-electron chi connectivity index (χ2n) is 8.02. The highest BCUT2D eigenvalue weighted by Gasteiger charge is 2.37. The summed E-state index contributed by atoms with van der Waals surface area (Å²) in [6, 6.07) is 27.8. The Labute approximate surface area is 223 Å². The van der Waals surface area contributed by atoms with Crippen molar-refractivity contribution in [2.75, 3.05) is 4.90 Å². The van der Waals surface area contributed by atoms with E-state index in [0.717, 1.165) is 11.1 Å². The van der Waals surface area contributed by atoms with E-state index in [1.165, 1.54) is 23.7 Å². The zero-order valence-electron chi connectivity index (χ0n) is 20.6. The lowest BCUT2D eigenvalue weighted by Gasteiger charge is -2.27. The molecule has 0 saturated heterocycles. The predicted octanol–water partition coefficient (Wildman–Crippen LogP) is 7.27. The van der Waals surface area contributed by atoms with Crippen molar-refractivity contribution in [3.05, 3.63) is 127 Å². The first-order valence-corrected chi connectivity index (χ1v) is 11.9. The average Bonchev–Trinajstić information content (AvgIpc) is 3.77. The quantitative estimate of drug-likeness (QED) is 0.161. The van der Waals surface area contributed by atoms with Crippen molar-refractivity contribution < 1.29 is 32.3 Å². The number of ether oxygens (including phenoxy) is 2. The fraction of sp³-hybridized carbons (Fsp3) is 0.0690. The van der Waals surface area contributed by atoms with Crippen LogP contribution in [0.15, 0.2) is 134 Å². The Morgan fingerprint density at radius 1 is 0.615 bits per heavy atom. The molecule has 0 radical (unpaired) electrons. The Kier molecular flexibility index (Phi) is 7.84. The molecule has 0 bridgehead atoms. The van der Waals surface area contributed by atoms with Crippen molar-refractivity contribution in [1.29, 1.82) is 0 Å². The van der Waals surface area contributed by atoms with E-state index in [-0.39, 0.29) is 36.8 Å². The van der Waals surface area contributed by atoms with E-state index in [0.29, 0.717) is 4.90 Å². The topological polar surface area (TPSA) is 111 Å². The van der Waals surface area contributed by atoms with Gasteiger partial charge in [-0.15, -0.1) is 4.90 Å². The van der Waals surface area contributed by atoms with Crippen LogP contribution in [0.2, 0.25) is 0 Å². The van der Waals surface area contributed by atoms with Crippen molar-refractivity contribution in [3.63, 3.8) is 0 Å². The van der Waals surface area contributed by atoms with Gasteiger partial charge in [0.2, 0.25) is 23.6 Å². The zero-order valence-corrected chi connectivity index (χ0v) is 20.6. The Morgan fingerprint density at radius 3 is 1.54 bits per heavy atom. The van der Waals surface area contributed by atoms with Gasteiger partial charge in [0.25, 0.3) is 0 Å². The van der Waals surface area contributed by atoms with Gasteiger partial charge in [0, 0.05) is 18.2 Å². The van der Waals surface area contributed by atoms with Crippen LogP contribution in [0.4, 0.5) is 27.2 Å². The Hall–Kier alpha value is -5.51. The monoisotopic (exact) mass is 525 g/mol. The summed E-state index contributed by atoms with van der Waals surface area (Å²) < 4.78 is 27.7. The standard InChI is InChI=1S/C29H23N3O7/c33-28(38-20-22-10-3-1-4-11-22)32(29(34)39-21-23-12-5-2-6-13-23)27(30-24-14-7-17-35-24)31(25-15-8-18-36-25)26-16-9-19-37-26/h1-19H,20-21H2. The average molecular weight is 526 g/mol. The number of carbonyl (C=O) groups excluding carboxylic acids is 2. The fourth-order valence-corrected chi connectivity index (χ4v) is 3.54. The molecule has 0 fully saturated rings. The highest BCUT2D eigenvalue weighted by atomic mass is 16.6. The van der Waals surface area contributed by atoms with Gasteiger partial charge in [0.1, 0.15) is 13.2 Å². The number of guanidine groups is 1. The lowest BCUT2D eigenvalue weighted by Crippen LogP contribution is -2.49. The third-order valence-electron chi connectivity index (χ3n) is 5.34. The molecule has 5 rings (SSSR count). The summed E-state index contributed by atoms with van der Waals surface area (Å²) in [7, 11) is 0. The molecule has 2 amide bonds. The van der Waals surface area contributed by atoms with Crippen molar-refractivity contribution in [2.24, 2.45) is 4.99 Å². The number of benzene rings is 2. The largest absolute Gasteiger partial charge is 0.448 e. The maximum atomic E-state index is 13.6. The van der Waals surface area contributed by atoms with E-state index in [4.69, 9.17) is 22.7 Å². The van der Waals surface area contributed by atoms with Gasteiger partial charge in [-0.05, 0) is 29.3 Å².